The number of aryl methyl sites for hydroxylation is 1. The van der Waals surface area contributed by atoms with Crippen molar-refractivity contribution in [2.75, 3.05) is 0 Å². The van der Waals surface area contributed by atoms with Gasteiger partial charge in [-0.15, -0.1) is 0 Å². The number of benzene rings is 2. The molecule has 122 valence electrons. The molecule has 24 heavy (non-hydrogen) atoms. The summed E-state index contributed by atoms with van der Waals surface area (Å²) < 4.78 is 7.63. The Bertz CT molecular complexity index is 1110. The molecule has 0 spiro atoms. The van der Waals surface area contributed by atoms with E-state index in [0.29, 0.717) is 27.7 Å². The molecule has 3 aromatic rings. The van der Waals surface area contributed by atoms with Crippen LogP contribution in [0.15, 0.2) is 35.1 Å². The Hall–Kier alpha value is -2.95. The Balaban J connectivity index is 2.23. The van der Waals surface area contributed by atoms with Gasteiger partial charge in [0.2, 0.25) is 5.43 Å². The molecule has 2 N–H and O–H groups in total. The van der Waals surface area contributed by atoms with Crippen molar-refractivity contribution < 1.29 is 14.9 Å². The zero-order valence-corrected chi connectivity index (χ0v) is 13.6. The van der Waals surface area contributed by atoms with Gasteiger partial charge in [-0.3, -0.25) is 4.79 Å². The smallest absolute Gasteiger partial charge is 0.201 e. The summed E-state index contributed by atoms with van der Waals surface area (Å²) >= 11 is 0. The van der Waals surface area contributed by atoms with Crippen molar-refractivity contribution in [3.05, 3.63) is 46.1 Å². The van der Waals surface area contributed by atoms with Gasteiger partial charge in [-0.25, -0.2) is 0 Å². The fraction of sp³-hybridized carbons (Fsp3) is 0.211. The molecule has 5 heteroatoms. The van der Waals surface area contributed by atoms with Crippen LogP contribution in [0.4, 0.5) is 0 Å². The number of nitrogens with zero attached hydrogens (tertiary/aromatic N) is 1. The summed E-state index contributed by atoms with van der Waals surface area (Å²) in [6.07, 6.45) is 3.62. The fourth-order valence-electron chi connectivity index (χ4n) is 3.30. The van der Waals surface area contributed by atoms with E-state index in [2.05, 4.69) is 0 Å². The highest BCUT2D eigenvalue weighted by Gasteiger charge is 2.26. The van der Waals surface area contributed by atoms with Crippen LogP contribution in [0.1, 0.15) is 19.4 Å². The van der Waals surface area contributed by atoms with E-state index in [0.717, 1.165) is 0 Å². The van der Waals surface area contributed by atoms with Crippen molar-refractivity contribution >= 4 is 27.9 Å². The van der Waals surface area contributed by atoms with Crippen LogP contribution >= 0.6 is 0 Å². The number of phenols is 2. The third-order valence-electron chi connectivity index (χ3n) is 4.49. The Kier molecular flexibility index (Phi) is 2.77. The second-order valence-electron chi connectivity index (χ2n) is 6.63. The molecular weight excluding hydrogens is 306 g/mol. The molecule has 5 nitrogen and oxygen atoms in total. The van der Waals surface area contributed by atoms with Gasteiger partial charge >= 0.3 is 0 Å². The zero-order valence-electron chi connectivity index (χ0n) is 13.6. The minimum absolute atomic E-state index is 0.0207. The summed E-state index contributed by atoms with van der Waals surface area (Å²) in [7, 11) is 1.75. The lowest BCUT2D eigenvalue weighted by Gasteiger charge is -2.28. The average molecular weight is 323 g/mol. The molecule has 0 fully saturated rings. The van der Waals surface area contributed by atoms with Gasteiger partial charge in [0, 0.05) is 13.1 Å². The number of rotatable bonds is 0. The van der Waals surface area contributed by atoms with E-state index in [1.54, 1.807) is 35.9 Å². The molecule has 1 aliphatic rings. The largest absolute Gasteiger partial charge is 0.506 e. The van der Waals surface area contributed by atoms with E-state index >= 15 is 0 Å². The molecule has 2 aromatic carbocycles. The van der Waals surface area contributed by atoms with E-state index in [1.165, 1.54) is 6.07 Å². The summed E-state index contributed by atoms with van der Waals surface area (Å²) in [5, 5.41) is 21.4. The van der Waals surface area contributed by atoms with Crippen molar-refractivity contribution in [3.63, 3.8) is 0 Å². The molecular formula is C19H17NO4. The maximum absolute atomic E-state index is 12.9. The first-order valence-electron chi connectivity index (χ1n) is 7.69. The van der Waals surface area contributed by atoms with Crippen molar-refractivity contribution in [3.8, 4) is 17.2 Å². The zero-order chi connectivity index (χ0) is 17.2. The Morgan fingerprint density at radius 1 is 1.21 bits per heavy atom. The first-order chi connectivity index (χ1) is 11.3. The summed E-state index contributed by atoms with van der Waals surface area (Å²) in [6, 6.07) is 6.54. The Labute approximate surface area is 138 Å². The van der Waals surface area contributed by atoms with Gasteiger partial charge in [-0.1, -0.05) is 6.07 Å². The van der Waals surface area contributed by atoms with E-state index in [9.17, 15) is 15.0 Å². The minimum atomic E-state index is -0.495. The monoisotopic (exact) mass is 323 g/mol. The molecule has 0 unspecified atom stereocenters. The maximum atomic E-state index is 12.9. The predicted molar refractivity (Wildman–Crippen MR) is 93.8 cm³/mol. The number of para-hydroxylation sites is 1. The molecule has 0 atom stereocenters. The number of ether oxygens (including phenoxy) is 1. The Morgan fingerprint density at radius 3 is 2.71 bits per heavy atom. The summed E-state index contributed by atoms with van der Waals surface area (Å²) in [6.45, 7) is 3.83. The third-order valence-corrected chi connectivity index (χ3v) is 4.49. The van der Waals surface area contributed by atoms with Gasteiger partial charge in [-0.05, 0) is 38.1 Å². The highest BCUT2D eigenvalue weighted by molar-refractivity contribution is 6.01. The minimum Gasteiger partial charge on any atom is -0.506 e. The van der Waals surface area contributed by atoms with Crippen molar-refractivity contribution in [1.82, 2.24) is 4.57 Å². The summed E-state index contributed by atoms with van der Waals surface area (Å²) in [4.78, 5) is 12.9. The van der Waals surface area contributed by atoms with Crippen LogP contribution < -0.4 is 10.2 Å². The number of pyridine rings is 1. The van der Waals surface area contributed by atoms with Gasteiger partial charge in [-0.2, -0.15) is 0 Å². The van der Waals surface area contributed by atoms with Crippen molar-refractivity contribution in [1.29, 1.82) is 0 Å². The standard InChI is InChI=1S/C19H17NO4/c1-19(2)8-7-10-14(24-19)9-12-15(17(10)22)18(23)11-5-4-6-13(21)16(11)20(12)3/h4-9,21-22H,1-3H3. The second kappa shape index (κ2) is 4.54. The maximum Gasteiger partial charge on any atom is 0.201 e. The SMILES string of the molecule is Cn1c2cc3c(c(O)c2c(=O)c2cccc(O)c21)C=CC(C)(C)O3. The Morgan fingerprint density at radius 2 is 1.96 bits per heavy atom. The van der Waals surface area contributed by atoms with E-state index in [1.807, 2.05) is 19.9 Å². The van der Waals surface area contributed by atoms with Crippen LogP contribution in [0, 0.1) is 0 Å². The number of hydrogen-bond donors (Lipinski definition) is 2. The van der Waals surface area contributed by atoms with Crippen molar-refractivity contribution in [2.24, 2.45) is 7.05 Å². The highest BCUT2D eigenvalue weighted by Crippen LogP contribution is 2.41. The number of aromatic nitrogens is 1. The molecule has 4 rings (SSSR count). The van der Waals surface area contributed by atoms with Gasteiger partial charge in [0.25, 0.3) is 0 Å². The first-order valence-corrected chi connectivity index (χ1v) is 7.69. The fourth-order valence-corrected chi connectivity index (χ4v) is 3.30. The molecule has 0 saturated heterocycles. The molecule has 0 amide bonds. The van der Waals surface area contributed by atoms with Crippen LogP contribution in [-0.4, -0.2) is 20.4 Å². The van der Waals surface area contributed by atoms with E-state index in [-0.39, 0.29) is 22.3 Å². The lowest BCUT2D eigenvalue weighted by Crippen LogP contribution is -2.27. The third kappa shape index (κ3) is 1.84. The van der Waals surface area contributed by atoms with Crippen LogP contribution in [-0.2, 0) is 7.05 Å². The lowest BCUT2D eigenvalue weighted by molar-refractivity contribution is 0.158. The van der Waals surface area contributed by atoms with Crippen molar-refractivity contribution in [2.45, 2.75) is 19.4 Å². The molecule has 0 bridgehead atoms. The van der Waals surface area contributed by atoms with Gasteiger partial charge in [0.15, 0.2) is 0 Å². The first kappa shape index (κ1) is 14.6. The predicted octanol–water partition coefficient (Wildman–Crippen LogP) is 3.29. The van der Waals surface area contributed by atoms with E-state index in [4.69, 9.17) is 4.74 Å². The molecule has 1 aromatic heterocycles. The molecule has 0 radical (unpaired) electrons. The highest BCUT2D eigenvalue weighted by atomic mass is 16.5. The lowest BCUT2D eigenvalue weighted by atomic mass is 9.98. The summed E-state index contributed by atoms with van der Waals surface area (Å²) in [5.74, 6) is 0.435. The number of phenolic OH excluding ortho intramolecular Hbond substituents is 2. The van der Waals surface area contributed by atoms with Crippen LogP contribution in [0.2, 0.25) is 0 Å². The topological polar surface area (TPSA) is 71.7 Å². The van der Waals surface area contributed by atoms with E-state index < -0.39 is 5.60 Å². The quantitative estimate of drug-likeness (QED) is 0.623. The molecule has 2 heterocycles. The van der Waals surface area contributed by atoms with Gasteiger partial charge in [0.05, 0.1) is 27.4 Å². The molecule has 0 aliphatic carbocycles. The number of fused-ring (bicyclic) bond motifs is 3. The average Bonchev–Trinajstić information content (AvgIpc) is 2.51. The van der Waals surface area contributed by atoms with Gasteiger partial charge in [0.1, 0.15) is 22.8 Å². The molecule has 1 aliphatic heterocycles. The second-order valence-corrected chi connectivity index (χ2v) is 6.63. The molecule has 0 saturated carbocycles. The normalized spacial score (nSPS) is 15.5. The summed E-state index contributed by atoms with van der Waals surface area (Å²) in [5.41, 5.74) is 0.632. The van der Waals surface area contributed by atoms with Crippen LogP contribution in [0.25, 0.3) is 27.9 Å². The number of hydrogen-bond acceptors (Lipinski definition) is 4. The number of aromatic hydroxyl groups is 2. The van der Waals surface area contributed by atoms with Crippen LogP contribution in [0.3, 0.4) is 0 Å². The van der Waals surface area contributed by atoms with Gasteiger partial charge < -0.3 is 19.5 Å². The van der Waals surface area contributed by atoms with Crippen LogP contribution in [0.5, 0.6) is 17.2 Å².